The first kappa shape index (κ1) is 12.8. The molecule has 0 radical (unpaired) electrons. The molecule has 1 aliphatic rings. The van der Waals surface area contributed by atoms with Crippen LogP contribution >= 0.6 is 0 Å². The fraction of sp³-hybridized carbons (Fsp3) is 1.00. The van der Waals surface area contributed by atoms with Crippen LogP contribution in [-0.2, 0) is 4.74 Å². The maximum Gasteiger partial charge on any atom is 0.173 e. The molecule has 0 spiro atoms. The largest absolute Gasteiger partial charge is 0.394 e. The predicted octanol–water partition coefficient (Wildman–Crippen LogP) is -3.67. The van der Waals surface area contributed by atoms with Gasteiger partial charge in [-0.2, -0.15) is 0 Å². The van der Waals surface area contributed by atoms with Gasteiger partial charge in [0.15, 0.2) is 6.29 Å². The Labute approximate surface area is 87.5 Å². The van der Waals surface area contributed by atoms with E-state index in [4.69, 9.17) is 15.6 Å². The number of hydrogen-bond donors (Lipinski definition) is 6. The van der Waals surface area contributed by atoms with Gasteiger partial charge in [0.2, 0.25) is 0 Å². The van der Waals surface area contributed by atoms with Crippen LogP contribution in [-0.4, -0.2) is 70.8 Å². The van der Waals surface area contributed by atoms with Crippen LogP contribution < -0.4 is 11.1 Å². The topological polar surface area (TPSA) is 128 Å². The van der Waals surface area contributed by atoms with Crippen molar-refractivity contribution in [3.63, 3.8) is 0 Å². The van der Waals surface area contributed by atoms with E-state index in [1.165, 1.54) is 0 Å². The summed E-state index contributed by atoms with van der Waals surface area (Å²) >= 11 is 0. The lowest BCUT2D eigenvalue weighted by molar-refractivity contribution is -0.254. The molecule has 7 N–H and O–H groups in total. The zero-order valence-electron chi connectivity index (χ0n) is 8.28. The molecule has 90 valence electrons. The van der Waals surface area contributed by atoms with Crippen LogP contribution in [0.4, 0.5) is 0 Å². The summed E-state index contributed by atoms with van der Waals surface area (Å²) in [5, 5.41) is 40.2. The fourth-order valence-electron chi connectivity index (χ4n) is 1.57. The first-order chi connectivity index (χ1) is 7.11. The summed E-state index contributed by atoms with van der Waals surface area (Å²) in [5.74, 6) is 0. The first-order valence-electron chi connectivity index (χ1n) is 4.85. The molecule has 0 aliphatic carbocycles. The predicted molar refractivity (Wildman–Crippen MR) is 50.8 cm³/mol. The van der Waals surface area contributed by atoms with Crippen molar-refractivity contribution in [1.82, 2.24) is 5.32 Å². The smallest absolute Gasteiger partial charge is 0.173 e. The molecular weight excluding hydrogens is 204 g/mol. The number of nitrogens with one attached hydrogen (secondary N) is 1. The van der Waals surface area contributed by atoms with Gasteiger partial charge >= 0.3 is 0 Å². The third kappa shape index (κ3) is 2.85. The lowest BCUT2D eigenvalue weighted by Gasteiger charge is -2.40. The van der Waals surface area contributed by atoms with Gasteiger partial charge in [0.1, 0.15) is 18.3 Å². The summed E-state index contributed by atoms with van der Waals surface area (Å²) < 4.78 is 4.92. The van der Waals surface area contributed by atoms with Crippen molar-refractivity contribution >= 4 is 0 Å². The number of rotatable bonds is 4. The van der Waals surface area contributed by atoms with Gasteiger partial charge in [0, 0.05) is 13.1 Å². The quantitative estimate of drug-likeness (QED) is 0.289. The molecule has 0 amide bonds. The summed E-state index contributed by atoms with van der Waals surface area (Å²) in [6.45, 7) is 0.271. The highest BCUT2D eigenvalue weighted by Gasteiger charge is 2.43. The van der Waals surface area contributed by atoms with Crippen molar-refractivity contribution in [2.75, 3.05) is 19.7 Å². The Morgan fingerprint density at radius 3 is 2.40 bits per heavy atom. The van der Waals surface area contributed by atoms with Gasteiger partial charge in [0.25, 0.3) is 0 Å². The Bertz CT molecular complexity index is 194. The van der Waals surface area contributed by atoms with Crippen LogP contribution in [0.2, 0.25) is 0 Å². The van der Waals surface area contributed by atoms with Gasteiger partial charge in [-0.3, -0.25) is 0 Å². The van der Waals surface area contributed by atoms with Crippen molar-refractivity contribution in [3.05, 3.63) is 0 Å². The van der Waals surface area contributed by atoms with Crippen LogP contribution in [0.3, 0.4) is 0 Å². The summed E-state index contributed by atoms with van der Waals surface area (Å²) in [6.07, 6.45) is -4.66. The average molecular weight is 222 g/mol. The van der Waals surface area contributed by atoms with Crippen LogP contribution in [0.25, 0.3) is 0 Å². The molecule has 1 heterocycles. The van der Waals surface area contributed by atoms with Crippen molar-refractivity contribution in [2.45, 2.75) is 30.6 Å². The van der Waals surface area contributed by atoms with Crippen LogP contribution in [0.1, 0.15) is 0 Å². The Balaban J connectivity index is 2.58. The monoisotopic (exact) mass is 222 g/mol. The van der Waals surface area contributed by atoms with E-state index in [1.54, 1.807) is 0 Å². The Hall–Kier alpha value is -0.280. The lowest BCUT2D eigenvalue weighted by Crippen LogP contribution is -2.63. The highest BCUT2D eigenvalue weighted by Crippen LogP contribution is 2.19. The van der Waals surface area contributed by atoms with Crippen LogP contribution in [0, 0.1) is 0 Å². The lowest BCUT2D eigenvalue weighted by atomic mass is 9.97. The normalized spacial score (nSPS) is 41.8. The fourth-order valence-corrected chi connectivity index (χ4v) is 1.57. The van der Waals surface area contributed by atoms with Crippen molar-refractivity contribution in [2.24, 2.45) is 5.73 Å². The zero-order chi connectivity index (χ0) is 11.4. The molecule has 0 aromatic carbocycles. The summed E-state index contributed by atoms with van der Waals surface area (Å²) in [7, 11) is 0. The van der Waals surface area contributed by atoms with Crippen LogP contribution in [0.15, 0.2) is 0 Å². The minimum atomic E-state index is -1.27. The number of ether oxygens (including phenoxy) is 1. The molecule has 5 atom stereocenters. The molecule has 7 nitrogen and oxygen atoms in total. The number of aliphatic hydroxyl groups is 4. The molecule has 1 aliphatic heterocycles. The minimum Gasteiger partial charge on any atom is -0.394 e. The number of hydrogen-bond acceptors (Lipinski definition) is 7. The molecule has 7 heteroatoms. The Kier molecular flexibility index (Phi) is 4.87. The molecule has 0 saturated carbocycles. The van der Waals surface area contributed by atoms with Crippen molar-refractivity contribution in [1.29, 1.82) is 0 Å². The van der Waals surface area contributed by atoms with E-state index >= 15 is 0 Å². The number of aliphatic hydroxyl groups excluding tert-OH is 4. The average Bonchev–Trinajstić information content (AvgIpc) is 2.23. The highest BCUT2D eigenvalue weighted by atomic mass is 16.6. The summed E-state index contributed by atoms with van der Waals surface area (Å²) in [4.78, 5) is 0. The molecule has 0 bridgehead atoms. The molecule has 1 fully saturated rings. The summed E-state index contributed by atoms with van der Waals surface area (Å²) in [5.41, 5.74) is 5.26. The molecule has 1 unspecified atom stereocenters. The third-order valence-electron chi connectivity index (χ3n) is 2.42. The van der Waals surface area contributed by atoms with Crippen molar-refractivity contribution < 1.29 is 25.2 Å². The van der Waals surface area contributed by atoms with Gasteiger partial charge in [-0.05, 0) is 0 Å². The second-order valence-corrected chi connectivity index (χ2v) is 3.50. The Morgan fingerprint density at radius 2 is 1.87 bits per heavy atom. The van der Waals surface area contributed by atoms with E-state index in [-0.39, 0.29) is 0 Å². The second kappa shape index (κ2) is 5.71. The molecule has 0 aromatic heterocycles. The second-order valence-electron chi connectivity index (χ2n) is 3.50. The van der Waals surface area contributed by atoms with Gasteiger partial charge < -0.3 is 36.2 Å². The molecule has 0 aromatic rings. The molecule has 15 heavy (non-hydrogen) atoms. The molecular formula is C8H18N2O5. The standard InChI is InChI=1S/C8H18N2O5/c9-1-2-10-5-7(13)6(12)4(3-11)15-8(5)14/h4-8,10-14H,1-3,9H2/t4-,5-,6-,7-,8?/m1/s1. The van der Waals surface area contributed by atoms with Gasteiger partial charge in [-0.1, -0.05) is 0 Å². The summed E-state index contributed by atoms with van der Waals surface area (Å²) in [6, 6.07) is -0.800. The van der Waals surface area contributed by atoms with Gasteiger partial charge in [0.05, 0.1) is 12.6 Å². The van der Waals surface area contributed by atoms with E-state index in [9.17, 15) is 15.3 Å². The van der Waals surface area contributed by atoms with E-state index in [1.807, 2.05) is 0 Å². The van der Waals surface area contributed by atoms with E-state index in [0.717, 1.165) is 0 Å². The molecule has 1 rings (SSSR count). The van der Waals surface area contributed by atoms with Crippen LogP contribution in [0.5, 0.6) is 0 Å². The van der Waals surface area contributed by atoms with Crippen molar-refractivity contribution in [3.8, 4) is 0 Å². The Morgan fingerprint density at radius 1 is 1.20 bits per heavy atom. The maximum absolute atomic E-state index is 9.63. The SMILES string of the molecule is NCCN[C@H]1C(O)O[C@H](CO)[C@@H](O)[C@@H]1O. The van der Waals surface area contributed by atoms with E-state index in [0.29, 0.717) is 13.1 Å². The zero-order valence-corrected chi connectivity index (χ0v) is 8.28. The highest BCUT2D eigenvalue weighted by molar-refractivity contribution is 4.92. The van der Waals surface area contributed by atoms with Gasteiger partial charge in [-0.25, -0.2) is 0 Å². The van der Waals surface area contributed by atoms with Gasteiger partial charge in [-0.15, -0.1) is 0 Å². The maximum atomic E-state index is 9.63. The van der Waals surface area contributed by atoms with E-state index in [2.05, 4.69) is 5.32 Å². The third-order valence-corrected chi connectivity index (χ3v) is 2.42. The first-order valence-corrected chi connectivity index (χ1v) is 4.85. The van der Waals surface area contributed by atoms with E-state index < -0.39 is 37.3 Å². The minimum absolute atomic E-state index is 0.343. The molecule has 1 saturated heterocycles. The number of nitrogens with two attached hydrogens (primary N) is 1.